The lowest BCUT2D eigenvalue weighted by Crippen LogP contribution is -2.43. The van der Waals surface area contributed by atoms with Crippen molar-refractivity contribution in [1.82, 2.24) is 10.6 Å². The van der Waals surface area contributed by atoms with Crippen LogP contribution in [0.5, 0.6) is 17.2 Å². The van der Waals surface area contributed by atoms with Crippen molar-refractivity contribution in [3.63, 3.8) is 0 Å². The third-order valence-electron chi connectivity index (χ3n) is 5.85. The first-order valence-electron chi connectivity index (χ1n) is 12.7. The first-order chi connectivity index (χ1) is 19.0. The summed E-state index contributed by atoms with van der Waals surface area (Å²) in [5, 5.41) is 37.8. The van der Waals surface area contributed by atoms with Gasteiger partial charge in [0.1, 0.15) is 17.2 Å². The van der Waals surface area contributed by atoms with Crippen LogP contribution in [0.15, 0.2) is 48.9 Å². The van der Waals surface area contributed by atoms with Gasteiger partial charge in [-0.1, -0.05) is 12.1 Å². The molecule has 4 rings (SSSR count). The van der Waals surface area contributed by atoms with E-state index in [4.69, 9.17) is 14.6 Å². The van der Waals surface area contributed by atoms with Crippen LogP contribution in [0.3, 0.4) is 0 Å². The van der Waals surface area contributed by atoms with Gasteiger partial charge in [-0.05, 0) is 50.5 Å². The van der Waals surface area contributed by atoms with E-state index in [-0.39, 0.29) is 49.3 Å². The van der Waals surface area contributed by atoms with Crippen LogP contribution in [0.25, 0.3) is 0 Å². The van der Waals surface area contributed by atoms with E-state index < -0.39 is 12.1 Å². The molecule has 0 aromatic heterocycles. The zero-order valence-electron chi connectivity index (χ0n) is 22.4. The number of amides is 2. The number of aliphatic hydroxyl groups is 1. The lowest BCUT2D eigenvalue weighted by atomic mass is 9.94. The van der Waals surface area contributed by atoms with Crippen molar-refractivity contribution >= 4 is 23.5 Å². The van der Waals surface area contributed by atoms with Crippen LogP contribution < -0.4 is 25.4 Å². The number of aromatic hydroxyl groups is 1. The third kappa shape index (κ3) is 9.79. The number of nitrogens with one attached hydrogen (secondary N) is 3. The highest BCUT2D eigenvalue weighted by Gasteiger charge is 2.26. The summed E-state index contributed by atoms with van der Waals surface area (Å²) in [5.74, 6) is -0.272. The van der Waals surface area contributed by atoms with Crippen LogP contribution in [-0.2, 0) is 25.5 Å². The summed E-state index contributed by atoms with van der Waals surface area (Å²) >= 11 is 0. The Kier molecular flexibility index (Phi) is 10.7. The fourth-order valence-electron chi connectivity index (χ4n) is 3.97. The van der Waals surface area contributed by atoms with Gasteiger partial charge in [0, 0.05) is 36.3 Å². The molecule has 1 atom stereocenters. The number of aliphatic carboxylic acids is 1. The van der Waals surface area contributed by atoms with Gasteiger partial charge in [0.2, 0.25) is 0 Å². The fraction of sp³-hybridized carbons (Fsp3) is 0.393. The number of benzene rings is 2. The summed E-state index contributed by atoms with van der Waals surface area (Å²) in [7, 11) is 0. The number of hydrogen-bond donors (Lipinski definition) is 6. The van der Waals surface area contributed by atoms with Gasteiger partial charge in [0.15, 0.2) is 13.2 Å². The molecule has 0 fully saturated rings. The van der Waals surface area contributed by atoms with Gasteiger partial charge in [0.05, 0.1) is 24.7 Å². The summed E-state index contributed by atoms with van der Waals surface area (Å²) in [4.78, 5) is 32.3. The van der Waals surface area contributed by atoms with E-state index in [9.17, 15) is 24.6 Å². The Morgan fingerprint density at radius 1 is 1.15 bits per heavy atom. The predicted molar refractivity (Wildman–Crippen MR) is 145 cm³/mol. The number of β-amino-alcohol motifs (C(OH)–C–C–N with tert-alkyl or cyclic N) is 1. The average molecular weight is 558 g/mol. The second-order valence-corrected chi connectivity index (χ2v) is 9.88. The number of aliphatic hydroxyl groups excluding tert-OH is 1. The molecule has 2 amide bonds. The van der Waals surface area contributed by atoms with Crippen molar-refractivity contribution in [2.45, 2.75) is 44.8 Å². The van der Waals surface area contributed by atoms with Crippen LogP contribution in [0.2, 0.25) is 0 Å². The van der Waals surface area contributed by atoms with E-state index in [0.717, 1.165) is 5.56 Å². The van der Waals surface area contributed by atoms with Crippen LogP contribution in [0.4, 0.5) is 5.69 Å². The topological polar surface area (TPSA) is 176 Å². The van der Waals surface area contributed by atoms with Gasteiger partial charge in [-0.25, -0.2) is 0 Å². The summed E-state index contributed by atoms with van der Waals surface area (Å²) in [6.07, 6.45) is 3.17. The molecule has 0 spiro atoms. The molecule has 216 valence electrons. The van der Waals surface area contributed by atoms with Crippen molar-refractivity contribution in [2.75, 3.05) is 31.7 Å². The molecule has 2 heterocycles. The first-order valence-corrected chi connectivity index (χ1v) is 12.7. The summed E-state index contributed by atoms with van der Waals surface area (Å²) in [6.45, 7) is 4.61. The quantitative estimate of drug-likeness (QED) is 0.225. The Balaban J connectivity index is 0.000000547. The van der Waals surface area contributed by atoms with Crippen LogP contribution in [0.1, 0.15) is 43.9 Å². The lowest BCUT2D eigenvalue weighted by molar-refractivity contribution is -0.137. The van der Waals surface area contributed by atoms with Crippen molar-refractivity contribution in [2.24, 2.45) is 0 Å². The minimum Gasteiger partial charge on any atom is -0.508 e. The Morgan fingerprint density at radius 3 is 2.52 bits per heavy atom. The Hall–Kier alpha value is -4.29. The predicted octanol–water partition coefficient (Wildman–Crippen LogP) is 2.21. The molecule has 6 N–H and O–H groups in total. The second kappa shape index (κ2) is 14.2. The number of carboxylic acids is 1. The molecule has 0 radical (unpaired) electrons. The Morgan fingerprint density at radius 2 is 1.90 bits per heavy atom. The third-order valence-corrected chi connectivity index (χ3v) is 5.85. The molecule has 12 heteroatoms. The number of fused-ring (bicyclic) bond motifs is 1. The number of rotatable bonds is 11. The fourth-order valence-corrected chi connectivity index (χ4v) is 3.97. The number of anilines is 1. The van der Waals surface area contributed by atoms with E-state index in [1.54, 1.807) is 0 Å². The highest BCUT2D eigenvalue weighted by atomic mass is 16.5. The number of hydrogen-bond acceptors (Lipinski definition) is 9. The molecule has 12 nitrogen and oxygen atoms in total. The van der Waals surface area contributed by atoms with Crippen molar-refractivity contribution in [1.29, 1.82) is 0 Å². The number of carbonyl (C=O) groups is 3. The molecule has 0 bridgehead atoms. The largest absolute Gasteiger partial charge is 0.508 e. The van der Waals surface area contributed by atoms with Crippen LogP contribution in [-0.4, -0.2) is 65.0 Å². The van der Waals surface area contributed by atoms with E-state index in [0.29, 0.717) is 42.2 Å². The van der Waals surface area contributed by atoms with E-state index in [2.05, 4.69) is 20.7 Å². The maximum Gasteiger partial charge on any atom is 0.303 e. The number of phenols is 1. The maximum atomic E-state index is 11.5. The smallest absolute Gasteiger partial charge is 0.303 e. The molecule has 0 saturated carbocycles. The van der Waals surface area contributed by atoms with Crippen LogP contribution in [0, 0.1) is 0 Å². The van der Waals surface area contributed by atoms with Gasteiger partial charge < -0.3 is 45.5 Å². The molecule has 2 aliphatic rings. The van der Waals surface area contributed by atoms with Crippen molar-refractivity contribution in [3.8, 4) is 17.2 Å². The SMILES string of the molecule is CC(C)(Cc1ccc(OCCCC(=O)O)cc1)NCC(O)c1cc(O)cc2c1OCC(=O)N2.O=C1COC=CN1. The second-order valence-electron chi connectivity index (χ2n) is 9.88. The highest BCUT2D eigenvalue weighted by Crippen LogP contribution is 2.38. The molecule has 0 saturated heterocycles. The number of carboxylic acid groups (broad SMARTS) is 1. The zero-order valence-corrected chi connectivity index (χ0v) is 22.4. The van der Waals surface area contributed by atoms with E-state index in [1.165, 1.54) is 24.6 Å². The molecule has 2 aromatic rings. The first kappa shape index (κ1) is 30.3. The molecule has 0 aliphatic carbocycles. The van der Waals surface area contributed by atoms with E-state index >= 15 is 0 Å². The molecule has 2 aliphatic heterocycles. The average Bonchev–Trinajstić information content (AvgIpc) is 2.90. The summed E-state index contributed by atoms with van der Waals surface area (Å²) in [5.41, 5.74) is 1.46. The van der Waals surface area contributed by atoms with Gasteiger partial charge >= 0.3 is 5.97 Å². The van der Waals surface area contributed by atoms with Gasteiger partial charge in [-0.2, -0.15) is 0 Å². The molecular formula is C28H35N3O9. The summed E-state index contributed by atoms with van der Waals surface area (Å²) in [6, 6.07) is 10.4. The van der Waals surface area contributed by atoms with Gasteiger partial charge in [0.25, 0.3) is 11.8 Å². The maximum absolute atomic E-state index is 11.5. The molecule has 1 unspecified atom stereocenters. The van der Waals surface area contributed by atoms with Crippen LogP contribution >= 0.6 is 0 Å². The number of ether oxygens (including phenoxy) is 3. The van der Waals surface area contributed by atoms with Crippen molar-refractivity contribution < 1.29 is 43.9 Å². The van der Waals surface area contributed by atoms with Gasteiger partial charge in [-0.15, -0.1) is 0 Å². The Bertz CT molecular complexity index is 1210. The highest BCUT2D eigenvalue weighted by molar-refractivity contribution is 5.96. The minimum absolute atomic E-state index is 0.0712. The van der Waals surface area contributed by atoms with E-state index in [1.807, 2.05) is 38.1 Å². The normalized spacial score (nSPS) is 14.8. The molecule has 2 aromatic carbocycles. The van der Waals surface area contributed by atoms with Crippen molar-refractivity contribution in [3.05, 3.63) is 60.0 Å². The zero-order chi connectivity index (χ0) is 29.1. The standard InChI is InChI=1S/C24H30N2O7.C4H5NO2/c1-24(2,12-15-5-7-17(8-6-15)32-9-3-4-22(30)31)25-13-20(28)18-10-16(27)11-19-23(18)33-14-21(29)26-19;6-4-3-7-2-1-5-4/h5-8,10-11,20,25,27-28H,3-4,9,12-14H2,1-2H3,(H,26,29)(H,30,31);1-2H,3H2,(H,5,6). The summed E-state index contributed by atoms with van der Waals surface area (Å²) < 4.78 is 15.6. The minimum atomic E-state index is -0.957. The van der Waals surface area contributed by atoms with Gasteiger partial charge in [-0.3, -0.25) is 14.4 Å². The molecular weight excluding hydrogens is 522 g/mol. The number of phenolic OH excluding ortho intramolecular Hbond substituents is 1. The molecule has 40 heavy (non-hydrogen) atoms. The lowest BCUT2D eigenvalue weighted by Gasteiger charge is -2.29. The monoisotopic (exact) mass is 557 g/mol. The number of carbonyl (C=O) groups excluding carboxylic acids is 2. The Labute approximate surface area is 231 Å².